The monoisotopic (exact) mass is 373 g/mol. The van der Waals surface area contributed by atoms with E-state index in [4.69, 9.17) is 4.74 Å². The summed E-state index contributed by atoms with van der Waals surface area (Å²) in [5.41, 5.74) is 2.07. The van der Waals surface area contributed by atoms with Crippen LogP contribution in [0, 0.1) is 0 Å². The maximum absolute atomic E-state index is 12.5. The maximum atomic E-state index is 12.5. The molecular weight excluding hydrogens is 358 g/mol. The summed E-state index contributed by atoms with van der Waals surface area (Å²) in [6, 6.07) is 3.75. The molecule has 0 unspecified atom stereocenters. The van der Waals surface area contributed by atoms with E-state index in [1.165, 1.54) is 22.9 Å². The smallest absolute Gasteiger partial charge is 0.275 e. The molecule has 0 aromatic carbocycles. The van der Waals surface area contributed by atoms with Gasteiger partial charge in [-0.15, -0.1) is 11.3 Å². The molecule has 0 aliphatic carbocycles. The van der Waals surface area contributed by atoms with Gasteiger partial charge >= 0.3 is 0 Å². The molecule has 0 radical (unpaired) electrons. The van der Waals surface area contributed by atoms with Crippen LogP contribution in [0.25, 0.3) is 10.6 Å². The molecule has 128 valence electrons. The van der Waals surface area contributed by atoms with E-state index in [0.717, 1.165) is 34.3 Å². The normalized spacial score (nSPS) is 14.5. The summed E-state index contributed by atoms with van der Waals surface area (Å²) in [6.45, 7) is 2.97. The Hall–Kier alpha value is -2.36. The second kappa shape index (κ2) is 7.26. The number of hydrogen-bond donors (Lipinski definition) is 1. The van der Waals surface area contributed by atoms with Gasteiger partial charge < -0.3 is 15.0 Å². The zero-order valence-corrected chi connectivity index (χ0v) is 14.8. The van der Waals surface area contributed by atoms with Gasteiger partial charge in [-0.25, -0.2) is 4.98 Å². The molecule has 0 atom stereocenters. The Morgan fingerprint density at radius 3 is 2.84 bits per heavy atom. The van der Waals surface area contributed by atoms with Crippen molar-refractivity contribution in [1.29, 1.82) is 0 Å². The van der Waals surface area contributed by atoms with E-state index in [2.05, 4.69) is 24.6 Å². The van der Waals surface area contributed by atoms with E-state index in [9.17, 15) is 4.79 Å². The summed E-state index contributed by atoms with van der Waals surface area (Å²) in [4.78, 5) is 23.2. The Morgan fingerprint density at radius 1 is 1.24 bits per heavy atom. The first-order valence-corrected chi connectivity index (χ1v) is 9.41. The molecule has 1 aliphatic rings. The molecule has 25 heavy (non-hydrogen) atoms. The lowest BCUT2D eigenvalue weighted by atomic mass is 10.3. The highest BCUT2D eigenvalue weighted by Crippen LogP contribution is 2.31. The lowest BCUT2D eigenvalue weighted by Gasteiger charge is -2.27. The van der Waals surface area contributed by atoms with Crippen LogP contribution in [0.15, 0.2) is 36.1 Å². The molecular formula is C16H15N5O2S2. The van der Waals surface area contributed by atoms with Crippen LogP contribution < -0.4 is 10.2 Å². The van der Waals surface area contributed by atoms with Crippen LogP contribution in [0.4, 0.5) is 10.7 Å². The molecule has 1 fully saturated rings. The molecule has 1 saturated heterocycles. The van der Waals surface area contributed by atoms with Crippen LogP contribution in [0.2, 0.25) is 0 Å². The van der Waals surface area contributed by atoms with E-state index < -0.39 is 0 Å². The fraction of sp³-hybridized carbons (Fsp3) is 0.250. The van der Waals surface area contributed by atoms with Gasteiger partial charge in [-0.05, 0) is 23.7 Å². The third kappa shape index (κ3) is 3.53. The number of anilines is 2. The van der Waals surface area contributed by atoms with Gasteiger partial charge in [0, 0.05) is 36.4 Å². The Balaban J connectivity index is 1.50. The molecule has 0 bridgehead atoms. The summed E-state index contributed by atoms with van der Waals surface area (Å²) in [5.74, 6) is -0.230. The highest BCUT2D eigenvalue weighted by Gasteiger charge is 2.20. The van der Waals surface area contributed by atoms with Crippen LogP contribution in [-0.2, 0) is 4.74 Å². The molecule has 1 aliphatic heterocycles. The number of thiazole rings is 1. The van der Waals surface area contributed by atoms with Crippen molar-refractivity contribution in [3.63, 3.8) is 0 Å². The average molecular weight is 373 g/mol. The topological polar surface area (TPSA) is 80.2 Å². The van der Waals surface area contributed by atoms with Gasteiger partial charge in [0.15, 0.2) is 0 Å². The summed E-state index contributed by atoms with van der Waals surface area (Å²) in [6.07, 6.45) is 5.10. The number of carbonyl (C=O) groups excluding carboxylic acids is 1. The predicted octanol–water partition coefficient (Wildman–Crippen LogP) is 2.75. The highest BCUT2D eigenvalue weighted by atomic mass is 32.1. The molecule has 4 heterocycles. The summed E-state index contributed by atoms with van der Waals surface area (Å²) >= 11 is 2.81. The van der Waals surface area contributed by atoms with E-state index in [0.29, 0.717) is 18.9 Å². The minimum absolute atomic E-state index is 0.230. The maximum Gasteiger partial charge on any atom is 0.275 e. The summed E-state index contributed by atoms with van der Waals surface area (Å²) in [7, 11) is 0. The molecule has 0 spiro atoms. The minimum Gasteiger partial charge on any atom is -0.378 e. The molecule has 0 saturated carbocycles. The Bertz CT molecular complexity index is 858. The van der Waals surface area contributed by atoms with Crippen LogP contribution in [-0.4, -0.2) is 46.6 Å². The fourth-order valence-corrected chi connectivity index (χ4v) is 4.07. The summed E-state index contributed by atoms with van der Waals surface area (Å²) < 4.78 is 9.59. The molecule has 1 amide bonds. The molecule has 1 N–H and O–H groups in total. The molecule has 7 nitrogen and oxygen atoms in total. The number of nitrogens with one attached hydrogen (secondary N) is 1. The van der Waals surface area contributed by atoms with Gasteiger partial charge in [0.25, 0.3) is 5.91 Å². The quantitative estimate of drug-likeness (QED) is 0.757. The van der Waals surface area contributed by atoms with Crippen molar-refractivity contribution < 1.29 is 9.53 Å². The Morgan fingerprint density at radius 2 is 2.04 bits per heavy atom. The van der Waals surface area contributed by atoms with Gasteiger partial charge in [-0.2, -0.15) is 4.37 Å². The van der Waals surface area contributed by atoms with Gasteiger partial charge in [-0.3, -0.25) is 9.78 Å². The van der Waals surface area contributed by atoms with Gasteiger partial charge in [0.1, 0.15) is 15.7 Å². The minimum atomic E-state index is -0.230. The second-order valence-corrected chi connectivity index (χ2v) is 7.01. The fourth-order valence-electron chi connectivity index (χ4n) is 2.51. The van der Waals surface area contributed by atoms with Crippen molar-refractivity contribution >= 4 is 39.5 Å². The van der Waals surface area contributed by atoms with E-state index in [1.54, 1.807) is 24.0 Å². The van der Waals surface area contributed by atoms with Crippen molar-refractivity contribution in [2.75, 3.05) is 36.5 Å². The van der Waals surface area contributed by atoms with Crippen molar-refractivity contribution in [1.82, 2.24) is 14.3 Å². The van der Waals surface area contributed by atoms with Crippen LogP contribution in [0.5, 0.6) is 0 Å². The van der Waals surface area contributed by atoms with Crippen LogP contribution in [0.3, 0.4) is 0 Å². The largest absolute Gasteiger partial charge is 0.378 e. The number of pyridine rings is 1. The lowest BCUT2D eigenvalue weighted by molar-refractivity contribution is 0.102. The van der Waals surface area contributed by atoms with Crippen molar-refractivity contribution in [3.8, 4) is 10.6 Å². The van der Waals surface area contributed by atoms with Crippen LogP contribution >= 0.6 is 22.9 Å². The van der Waals surface area contributed by atoms with Crippen molar-refractivity contribution in [3.05, 3.63) is 41.8 Å². The Labute approximate surface area is 152 Å². The first-order chi connectivity index (χ1) is 12.3. The SMILES string of the molecule is O=C(Nc1cnsc1N1CCOCC1)c1csc(-c2ccncc2)n1. The zero-order valence-electron chi connectivity index (χ0n) is 13.2. The first kappa shape index (κ1) is 16.1. The van der Waals surface area contributed by atoms with E-state index in [1.807, 2.05) is 12.1 Å². The number of amides is 1. The number of hydrogen-bond acceptors (Lipinski definition) is 8. The lowest BCUT2D eigenvalue weighted by Crippen LogP contribution is -2.36. The number of morpholine rings is 1. The number of carbonyl (C=O) groups is 1. The number of ether oxygens (including phenoxy) is 1. The van der Waals surface area contributed by atoms with Crippen molar-refractivity contribution in [2.24, 2.45) is 0 Å². The zero-order chi connectivity index (χ0) is 17.1. The van der Waals surface area contributed by atoms with Crippen LogP contribution in [0.1, 0.15) is 10.5 Å². The van der Waals surface area contributed by atoms with Gasteiger partial charge in [0.05, 0.1) is 25.1 Å². The standard InChI is InChI=1S/C16H15N5O2S2/c22-14(13-10-24-15(20-13)11-1-3-17-4-2-11)19-12-9-18-25-16(12)21-5-7-23-8-6-21/h1-4,9-10H,5-8H2,(H,19,22). The average Bonchev–Trinajstić information content (AvgIpc) is 3.33. The Kier molecular flexibility index (Phi) is 4.68. The molecule has 3 aromatic rings. The van der Waals surface area contributed by atoms with Crippen molar-refractivity contribution in [2.45, 2.75) is 0 Å². The predicted molar refractivity (Wildman–Crippen MR) is 98.4 cm³/mol. The third-order valence-corrected chi connectivity index (χ3v) is 5.52. The second-order valence-electron chi connectivity index (χ2n) is 5.37. The van der Waals surface area contributed by atoms with Gasteiger partial charge in [-0.1, -0.05) is 0 Å². The number of nitrogens with zero attached hydrogens (tertiary/aromatic N) is 4. The number of rotatable bonds is 4. The third-order valence-electron chi connectivity index (χ3n) is 3.76. The molecule has 4 rings (SSSR count). The summed E-state index contributed by atoms with van der Waals surface area (Å²) in [5, 5.41) is 6.45. The number of aromatic nitrogens is 3. The molecule has 9 heteroatoms. The highest BCUT2D eigenvalue weighted by molar-refractivity contribution is 7.13. The van der Waals surface area contributed by atoms with Gasteiger partial charge in [0.2, 0.25) is 0 Å². The van der Waals surface area contributed by atoms with E-state index >= 15 is 0 Å². The van der Waals surface area contributed by atoms with E-state index in [-0.39, 0.29) is 5.91 Å². The molecule has 3 aromatic heterocycles. The first-order valence-electron chi connectivity index (χ1n) is 7.76.